The Morgan fingerprint density at radius 2 is 2.00 bits per heavy atom. The van der Waals surface area contributed by atoms with E-state index in [1.165, 1.54) is 5.56 Å². The molecule has 0 fully saturated rings. The fourth-order valence-electron chi connectivity index (χ4n) is 1.51. The van der Waals surface area contributed by atoms with Gasteiger partial charge < -0.3 is 10.6 Å². The highest BCUT2D eigenvalue weighted by Crippen LogP contribution is 2.18. The van der Waals surface area contributed by atoms with Gasteiger partial charge in [-0.2, -0.15) is 0 Å². The van der Waals surface area contributed by atoms with Crippen molar-refractivity contribution in [3.63, 3.8) is 0 Å². The molecule has 0 spiro atoms. The molecule has 100 valence electrons. The van der Waals surface area contributed by atoms with Crippen molar-refractivity contribution in [2.24, 2.45) is 0 Å². The van der Waals surface area contributed by atoms with Crippen LogP contribution in [0.1, 0.15) is 25.3 Å². The number of thioether (sulfide) groups is 1. The highest BCUT2D eigenvalue weighted by Gasteiger charge is 2.02. The molecule has 0 heterocycles. The summed E-state index contributed by atoms with van der Waals surface area (Å²) in [5, 5.41) is 6.03. The van der Waals surface area contributed by atoms with Crippen LogP contribution in [0.4, 0.5) is 0 Å². The van der Waals surface area contributed by atoms with Gasteiger partial charge in [-0.3, -0.25) is 4.79 Å². The monoisotopic (exact) mass is 266 g/mol. The lowest BCUT2D eigenvalue weighted by Crippen LogP contribution is -2.25. The Hall–Kier alpha value is -1.00. The van der Waals surface area contributed by atoms with Gasteiger partial charge in [0.15, 0.2) is 0 Å². The Morgan fingerprint density at radius 3 is 2.61 bits per heavy atom. The fourth-order valence-corrected chi connectivity index (χ4v) is 2.24. The van der Waals surface area contributed by atoms with Crippen molar-refractivity contribution in [2.75, 3.05) is 19.3 Å². The third-order valence-corrected chi connectivity index (χ3v) is 3.54. The summed E-state index contributed by atoms with van der Waals surface area (Å²) in [5.41, 5.74) is 1.26. The predicted octanol–water partition coefficient (Wildman–Crippen LogP) is 2.41. The first-order valence-electron chi connectivity index (χ1n) is 6.39. The van der Waals surface area contributed by atoms with Crippen molar-refractivity contribution >= 4 is 17.7 Å². The molecular weight excluding hydrogens is 244 g/mol. The normalized spacial score (nSPS) is 10.3. The summed E-state index contributed by atoms with van der Waals surface area (Å²) in [6, 6.07) is 8.31. The number of hydrogen-bond acceptors (Lipinski definition) is 3. The third-order valence-electron chi connectivity index (χ3n) is 2.53. The van der Waals surface area contributed by atoms with Gasteiger partial charge in [-0.05, 0) is 31.2 Å². The minimum absolute atomic E-state index is 0.118. The summed E-state index contributed by atoms with van der Waals surface area (Å²) in [5.74, 6) is 0.613. The smallest absolute Gasteiger partial charge is 0.230 e. The van der Waals surface area contributed by atoms with Crippen LogP contribution in [0.15, 0.2) is 29.2 Å². The molecule has 0 radical (unpaired) electrons. The Labute approximate surface area is 114 Å². The van der Waals surface area contributed by atoms with Gasteiger partial charge in [-0.15, -0.1) is 11.8 Å². The van der Waals surface area contributed by atoms with Gasteiger partial charge in [0, 0.05) is 18.0 Å². The van der Waals surface area contributed by atoms with E-state index in [2.05, 4.69) is 41.8 Å². The van der Waals surface area contributed by atoms with Gasteiger partial charge in [-0.1, -0.05) is 25.5 Å². The van der Waals surface area contributed by atoms with E-state index in [9.17, 15) is 4.79 Å². The number of unbranched alkanes of at least 4 members (excludes halogenated alkanes) is 1. The van der Waals surface area contributed by atoms with Gasteiger partial charge >= 0.3 is 0 Å². The van der Waals surface area contributed by atoms with E-state index in [0.29, 0.717) is 5.75 Å². The SMILES string of the molecule is CCCCNC(=O)CSc1ccc(CNC)cc1. The molecular formula is C14H22N2OS. The van der Waals surface area contributed by atoms with E-state index < -0.39 is 0 Å². The molecule has 0 aliphatic carbocycles. The fraction of sp³-hybridized carbons (Fsp3) is 0.500. The maximum absolute atomic E-state index is 11.5. The summed E-state index contributed by atoms with van der Waals surface area (Å²) in [6.45, 7) is 3.78. The second kappa shape index (κ2) is 9.00. The minimum Gasteiger partial charge on any atom is -0.355 e. The second-order valence-electron chi connectivity index (χ2n) is 4.17. The van der Waals surface area contributed by atoms with Crippen LogP contribution in [0, 0.1) is 0 Å². The predicted molar refractivity (Wildman–Crippen MR) is 77.8 cm³/mol. The molecule has 1 aromatic carbocycles. The molecule has 0 bridgehead atoms. The van der Waals surface area contributed by atoms with E-state index in [1.54, 1.807) is 11.8 Å². The Morgan fingerprint density at radius 1 is 1.28 bits per heavy atom. The van der Waals surface area contributed by atoms with E-state index >= 15 is 0 Å². The number of hydrogen-bond donors (Lipinski definition) is 2. The van der Waals surface area contributed by atoms with Crippen molar-refractivity contribution in [3.8, 4) is 0 Å². The molecule has 4 heteroatoms. The summed E-state index contributed by atoms with van der Waals surface area (Å²) in [7, 11) is 1.93. The first-order valence-corrected chi connectivity index (χ1v) is 7.38. The largest absolute Gasteiger partial charge is 0.355 e. The molecule has 0 aliphatic heterocycles. The lowest BCUT2D eigenvalue weighted by molar-refractivity contribution is -0.118. The molecule has 0 aliphatic rings. The quantitative estimate of drug-likeness (QED) is 0.561. The first kappa shape index (κ1) is 15.1. The van der Waals surface area contributed by atoms with Crippen LogP contribution >= 0.6 is 11.8 Å². The lowest BCUT2D eigenvalue weighted by Gasteiger charge is -2.05. The van der Waals surface area contributed by atoms with E-state index in [0.717, 1.165) is 30.8 Å². The van der Waals surface area contributed by atoms with Crippen LogP contribution in [-0.2, 0) is 11.3 Å². The molecule has 0 unspecified atom stereocenters. The molecule has 18 heavy (non-hydrogen) atoms. The van der Waals surface area contributed by atoms with Gasteiger partial charge in [0.1, 0.15) is 0 Å². The standard InChI is InChI=1S/C14H22N2OS/c1-3-4-9-16-14(17)11-18-13-7-5-12(6-8-13)10-15-2/h5-8,15H,3-4,9-11H2,1-2H3,(H,16,17). The second-order valence-corrected chi connectivity index (χ2v) is 5.22. The average Bonchev–Trinajstić information content (AvgIpc) is 2.39. The molecule has 0 aromatic heterocycles. The zero-order valence-electron chi connectivity index (χ0n) is 11.2. The molecule has 0 atom stereocenters. The summed E-state index contributed by atoms with van der Waals surface area (Å²) >= 11 is 1.58. The van der Waals surface area contributed by atoms with Crippen molar-refractivity contribution in [1.82, 2.24) is 10.6 Å². The number of carbonyl (C=O) groups excluding carboxylic acids is 1. The Kier molecular flexibility index (Phi) is 7.53. The topological polar surface area (TPSA) is 41.1 Å². The van der Waals surface area contributed by atoms with Crippen LogP contribution in [0.25, 0.3) is 0 Å². The summed E-state index contributed by atoms with van der Waals surface area (Å²) in [4.78, 5) is 12.7. The van der Waals surface area contributed by atoms with E-state index in [-0.39, 0.29) is 5.91 Å². The Balaban J connectivity index is 2.27. The van der Waals surface area contributed by atoms with Crippen LogP contribution in [-0.4, -0.2) is 25.3 Å². The number of rotatable bonds is 8. The number of nitrogens with one attached hydrogen (secondary N) is 2. The molecule has 3 nitrogen and oxygen atoms in total. The van der Waals surface area contributed by atoms with Crippen LogP contribution < -0.4 is 10.6 Å². The van der Waals surface area contributed by atoms with Crippen molar-refractivity contribution in [1.29, 1.82) is 0 Å². The van der Waals surface area contributed by atoms with Crippen molar-refractivity contribution < 1.29 is 4.79 Å². The zero-order valence-corrected chi connectivity index (χ0v) is 12.0. The third kappa shape index (κ3) is 6.07. The van der Waals surface area contributed by atoms with Crippen molar-refractivity contribution in [2.45, 2.75) is 31.2 Å². The highest BCUT2D eigenvalue weighted by atomic mass is 32.2. The maximum Gasteiger partial charge on any atom is 0.230 e. The zero-order chi connectivity index (χ0) is 13.2. The van der Waals surface area contributed by atoms with Gasteiger partial charge in [0.2, 0.25) is 5.91 Å². The maximum atomic E-state index is 11.5. The Bertz CT molecular complexity index is 351. The van der Waals surface area contributed by atoms with Crippen LogP contribution in [0.3, 0.4) is 0 Å². The molecule has 1 rings (SSSR count). The number of benzene rings is 1. The highest BCUT2D eigenvalue weighted by molar-refractivity contribution is 8.00. The molecule has 2 N–H and O–H groups in total. The van der Waals surface area contributed by atoms with Gasteiger partial charge in [0.05, 0.1) is 5.75 Å². The molecule has 1 aromatic rings. The number of amides is 1. The first-order chi connectivity index (χ1) is 8.76. The van der Waals surface area contributed by atoms with E-state index in [1.807, 2.05) is 7.05 Å². The lowest BCUT2D eigenvalue weighted by atomic mass is 10.2. The molecule has 1 amide bonds. The van der Waals surface area contributed by atoms with Gasteiger partial charge in [0.25, 0.3) is 0 Å². The van der Waals surface area contributed by atoms with E-state index in [4.69, 9.17) is 0 Å². The van der Waals surface area contributed by atoms with Crippen LogP contribution in [0.2, 0.25) is 0 Å². The molecule has 0 saturated heterocycles. The minimum atomic E-state index is 0.118. The number of carbonyl (C=O) groups is 1. The molecule has 0 saturated carbocycles. The van der Waals surface area contributed by atoms with Crippen molar-refractivity contribution in [3.05, 3.63) is 29.8 Å². The van der Waals surface area contributed by atoms with Gasteiger partial charge in [-0.25, -0.2) is 0 Å². The van der Waals surface area contributed by atoms with Crippen LogP contribution in [0.5, 0.6) is 0 Å². The average molecular weight is 266 g/mol. The summed E-state index contributed by atoms with van der Waals surface area (Å²) < 4.78 is 0. The summed E-state index contributed by atoms with van der Waals surface area (Å²) in [6.07, 6.45) is 2.16.